The van der Waals surface area contributed by atoms with Crippen LogP contribution in [0.25, 0.3) is 0 Å². The van der Waals surface area contributed by atoms with Crippen molar-refractivity contribution in [1.29, 1.82) is 0 Å². The summed E-state index contributed by atoms with van der Waals surface area (Å²) in [4.78, 5) is 32.5. The lowest BCUT2D eigenvalue weighted by molar-refractivity contribution is -0.146. The zero-order valence-electron chi connectivity index (χ0n) is 13.0. The molecule has 0 saturated carbocycles. The second-order valence-electron chi connectivity index (χ2n) is 6.50. The summed E-state index contributed by atoms with van der Waals surface area (Å²) in [6, 6.07) is 3.61. The topological polar surface area (TPSA) is 73.7 Å². The summed E-state index contributed by atoms with van der Waals surface area (Å²) < 4.78 is 0. The van der Waals surface area contributed by atoms with Crippen LogP contribution in [0.5, 0.6) is 0 Å². The van der Waals surface area contributed by atoms with Crippen molar-refractivity contribution >= 4 is 11.8 Å². The maximum absolute atomic E-state index is 12.6. The molecule has 1 atom stereocenters. The number of carbonyl (C=O) groups excluding carboxylic acids is 2. The third-order valence-corrected chi connectivity index (χ3v) is 4.39. The molecular weight excluding hydrogens is 282 g/mol. The summed E-state index contributed by atoms with van der Waals surface area (Å²) in [6.45, 7) is 4.70. The predicted octanol–water partition coefficient (Wildman–Crippen LogP) is 0.452. The van der Waals surface area contributed by atoms with Gasteiger partial charge < -0.3 is 14.9 Å². The van der Waals surface area contributed by atoms with Crippen LogP contribution in [0.3, 0.4) is 0 Å². The molecular formula is C16H21N3O3. The Kier molecular flexibility index (Phi) is 3.64. The van der Waals surface area contributed by atoms with Crippen LogP contribution in [0.4, 0.5) is 0 Å². The first-order valence-corrected chi connectivity index (χ1v) is 7.64. The Balaban J connectivity index is 1.72. The lowest BCUT2D eigenvalue weighted by atomic mass is 10.0. The van der Waals surface area contributed by atoms with E-state index >= 15 is 0 Å². The van der Waals surface area contributed by atoms with Gasteiger partial charge in [-0.25, -0.2) is 0 Å². The van der Waals surface area contributed by atoms with Crippen LogP contribution in [0, 0.1) is 0 Å². The van der Waals surface area contributed by atoms with Crippen LogP contribution in [-0.4, -0.2) is 63.0 Å². The van der Waals surface area contributed by atoms with Gasteiger partial charge in [0.05, 0.1) is 17.3 Å². The van der Waals surface area contributed by atoms with Gasteiger partial charge in [-0.15, -0.1) is 0 Å². The van der Waals surface area contributed by atoms with Crippen LogP contribution in [-0.2, 0) is 11.2 Å². The van der Waals surface area contributed by atoms with Crippen LogP contribution in [0.15, 0.2) is 18.3 Å². The average molecular weight is 303 g/mol. The number of aromatic nitrogens is 1. The van der Waals surface area contributed by atoms with Gasteiger partial charge in [-0.2, -0.15) is 0 Å². The lowest BCUT2D eigenvalue weighted by Crippen LogP contribution is -2.48. The number of rotatable bonds is 2. The van der Waals surface area contributed by atoms with E-state index in [1.54, 1.807) is 17.2 Å². The van der Waals surface area contributed by atoms with E-state index in [9.17, 15) is 14.7 Å². The molecule has 2 aliphatic heterocycles. The highest BCUT2D eigenvalue weighted by molar-refractivity contribution is 5.96. The first kappa shape index (κ1) is 15.0. The smallest absolute Gasteiger partial charge is 0.256 e. The molecule has 1 fully saturated rings. The van der Waals surface area contributed by atoms with Crippen molar-refractivity contribution < 1.29 is 14.7 Å². The minimum absolute atomic E-state index is 0.00286. The van der Waals surface area contributed by atoms with E-state index in [4.69, 9.17) is 0 Å². The molecule has 1 aromatic heterocycles. The molecule has 118 valence electrons. The van der Waals surface area contributed by atoms with Gasteiger partial charge in [0, 0.05) is 32.3 Å². The Bertz CT molecular complexity index is 609. The van der Waals surface area contributed by atoms with E-state index in [1.807, 2.05) is 11.0 Å². The molecule has 1 N–H and O–H groups in total. The molecule has 3 rings (SSSR count). The molecule has 0 spiro atoms. The van der Waals surface area contributed by atoms with Gasteiger partial charge in [0.15, 0.2) is 0 Å². The average Bonchev–Trinajstić information content (AvgIpc) is 2.95. The van der Waals surface area contributed by atoms with E-state index in [0.29, 0.717) is 25.2 Å². The van der Waals surface area contributed by atoms with E-state index in [0.717, 1.165) is 18.5 Å². The molecule has 2 amide bonds. The highest BCUT2D eigenvalue weighted by Gasteiger charge is 2.39. The third-order valence-electron chi connectivity index (χ3n) is 4.39. The molecule has 3 heterocycles. The number of nitrogens with zero attached hydrogens (tertiary/aromatic N) is 3. The summed E-state index contributed by atoms with van der Waals surface area (Å²) in [7, 11) is 0. The lowest BCUT2D eigenvalue weighted by Gasteiger charge is -2.33. The van der Waals surface area contributed by atoms with Gasteiger partial charge in [0.1, 0.15) is 5.60 Å². The summed E-state index contributed by atoms with van der Waals surface area (Å²) in [5, 5.41) is 9.85. The number of fused-ring (bicyclic) bond motifs is 1. The fraction of sp³-hybridized carbons (Fsp3) is 0.562. The molecule has 0 aromatic carbocycles. The monoisotopic (exact) mass is 303 g/mol. The van der Waals surface area contributed by atoms with Gasteiger partial charge in [-0.05, 0) is 32.4 Å². The van der Waals surface area contributed by atoms with Crippen LogP contribution < -0.4 is 0 Å². The second kappa shape index (κ2) is 5.35. The third kappa shape index (κ3) is 2.59. The molecule has 1 saturated heterocycles. The van der Waals surface area contributed by atoms with Crippen LogP contribution >= 0.6 is 0 Å². The fourth-order valence-electron chi connectivity index (χ4n) is 3.23. The Morgan fingerprint density at radius 1 is 1.41 bits per heavy atom. The minimum Gasteiger partial charge on any atom is -0.381 e. The maximum atomic E-state index is 12.6. The Morgan fingerprint density at radius 2 is 2.18 bits per heavy atom. The number of likely N-dealkylation sites (tertiary alicyclic amines) is 1. The molecule has 0 radical (unpaired) electrons. The molecule has 0 aliphatic carbocycles. The van der Waals surface area contributed by atoms with Crippen molar-refractivity contribution in [3.8, 4) is 0 Å². The molecule has 2 aliphatic rings. The SMILES string of the molecule is CC(C)(O)C(=O)N1CCC(N2CCc3ncccc3C2=O)C1. The van der Waals surface area contributed by atoms with Crippen molar-refractivity contribution in [1.82, 2.24) is 14.8 Å². The van der Waals surface area contributed by atoms with Gasteiger partial charge in [-0.3, -0.25) is 14.6 Å². The van der Waals surface area contributed by atoms with Gasteiger partial charge in [0.2, 0.25) is 0 Å². The molecule has 6 heteroatoms. The molecule has 6 nitrogen and oxygen atoms in total. The molecule has 0 bridgehead atoms. The quantitative estimate of drug-likeness (QED) is 0.861. The number of hydrogen-bond acceptors (Lipinski definition) is 4. The Labute approximate surface area is 129 Å². The van der Waals surface area contributed by atoms with Crippen LogP contribution in [0.1, 0.15) is 36.3 Å². The summed E-state index contributed by atoms with van der Waals surface area (Å²) >= 11 is 0. The predicted molar refractivity (Wildman–Crippen MR) is 80.3 cm³/mol. The van der Waals surface area contributed by atoms with Gasteiger partial charge >= 0.3 is 0 Å². The van der Waals surface area contributed by atoms with Gasteiger partial charge in [-0.1, -0.05) is 0 Å². The largest absolute Gasteiger partial charge is 0.381 e. The van der Waals surface area contributed by atoms with Crippen molar-refractivity contribution in [2.45, 2.75) is 38.3 Å². The minimum atomic E-state index is -1.36. The van der Waals surface area contributed by atoms with E-state index in [1.165, 1.54) is 13.8 Å². The van der Waals surface area contributed by atoms with Crippen molar-refractivity contribution in [3.05, 3.63) is 29.6 Å². The van der Waals surface area contributed by atoms with Gasteiger partial charge in [0.25, 0.3) is 11.8 Å². The summed E-state index contributed by atoms with van der Waals surface area (Å²) in [5.74, 6) is -0.279. The zero-order chi connectivity index (χ0) is 15.9. The number of pyridine rings is 1. The number of hydrogen-bond donors (Lipinski definition) is 1. The van der Waals surface area contributed by atoms with E-state index < -0.39 is 5.60 Å². The highest BCUT2D eigenvalue weighted by Crippen LogP contribution is 2.24. The Hall–Kier alpha value is -1.95. The molecule has 1 aromatic rings. The maximum Gasteiger partial charge on any atom is 0.256 e. The number of carbonyl (C=O) groups is 2. The molecule has 1 unspecified atom stereocenters. The van der Waals surface area contributed by atoms with E-state index in [-0.39, 0.29) is 17.9 Å². The van der Waals surface area contributed by atoms with E-state index in [2.05, 4.69) is 4.98 Å². The van der Waals surface area contributed by atoms with Crippen molar-refractivity contribution in [2.75, 3.05) is 19.6 Å². The Morgan fingerprint density at radius 3 is 2.91 bits per heavy atom. The number of amides is 2. The zero-order valence-corrected chi connectivity index (χ0v) is 13.0. The highest BCUT2D eigenvalue weighted by atomic mass is 16.3. The van der Waals surface area contributed by atoms with Crippen molar-refractivity contribution in [3.63, 3.8) is 0 Å². The standard InChI is InChI=1S/C16H21N3O3/c1-16(2,22)15(21)18-8-5-11(10-18)19-9-6-13-12(14(19)20)4-3-7-17-13/h3-4,7,11,22H,5-6,8-10H2,1-2H3. The first-order valence-electron chi connectivity index (χ1n) is 7.64. The molecule has 22 heavy (non-hydrogen) atoms. The van der Waals surface area contributed by atoms with Crippen LogP contribution in [0.2, 0.25) is 0 Å². The fourth-order valence-corrected chi connectivity index (χ4v) is 3.23. The normalized spacial score (nSPS) is 22.0. The summed E-state index contributed by atoms with van der Waals surface area (Å²) in [5.41, 5.74) is 0.157. The number of aliphatic hydroxyl groups is 1. The van der Waals surface area contributed by atoms with Crippen molar-refractivity contribution in [2.24, 2.45) is 0 Å². The second-order valence-corrected chi connectivity index (χ2v) is 6.50. The summed E-state index contributed by atoms with van der Waals surface area (Å²) in [6.07, 6.45) is 3.21. The first-order chi connectivity index (χ1) is 10.4.